The minimum absolute atomic E-state index is 0.120. The van der Waals surface area contributed by atoms with E-state index < -0.39 is 11.8 Å². The molecule has 35 heavy (non-hydrogen) atoms. The zero-order valence-corrected chi connectivity index (χ0v) is 20.6. The molecule has 3 aromatic rings. The first-order valence-corrected chi connectivity index (χ1v) is 11.3. The van der Waals surface area contributed by atoms with Crippen LogP contribution >= 0.6 is 23.2 Å². The van der Waals surface area contributed by atoms with Gasteiger partial charge in [-0.25, -0.2) is 4.90 Å². The second kappa shape index (κ2) is 9.82. The SMILES string of the molecule is COc1ccc(Cl)cc1N1C(=O)C(Cl)=C(Nc2cccc(C(=O)Nc3cc(C)cc(C)c3)c2)C1=O. The number of methoxy groups -OCH3 is 1. The first-order valence-electron chi connectivity index (χ1n) is 10.6. The van der Waals surface area contributed by atoms with Gasteiger partial charge in [0.15, 0.2) is 0 Å². The molecule has 0 fully saturated rings. The summed E-state index contributed by atoms with van der Waals surface area (Å²) in [5.41, 5.74) is 3.56. The molecule has 0 atom stereocenters. The van der Waals surface area contributed by atoms with Crippen LogP contribution in [0.3, 0.4) is 0 Å². The molecule has 9 heteroatoms. The lowest BCUT2D eigenvalue weighted by atomic mass is 10.1. The van der Waals surface area contributed by atoms with Gasteiger partial charge in [-0.05, 0) is 73.5 Å². The van der Waals surface area contributed by atoms with Crippen molar-refractivity contribution in [1.82, 2.24) is 0 Å². The normalized spacial score (nSPS) is 13.3. The summed E-state index contributed by atoms with van der Waals surface area (Å²) in [5.74, 6) is -1.43. The third-order valence-corrected chi connectivity index (χ3v) is 5.87. The van der Waals surface area contributed by atoms with Crippen molar-refractivity contribution in [3.8, 4) is 5.75 Å². The Morgan fingerprint density at radius 3 is 2.29 bits per heavy atom. The molecule has 3 aromatic carbocycles. The summed E-state index contributed by atoms with van der Waals surface area (Å²) in [6.07, 6.45) is 0. The Hall–Kier alpha value is -3.81. The number of nitrogens with one attached hydrogen (secondary N) is 2. The van der Waals surface area contributed by atoms with Crippen LogP contribution in [0.15, 0.2) is 71.4 Å². The predicted octanol–water partition coefficient (Wildman–Crippen LogP) is 5.65. The van der Waals surface area contributed by atoms with Crippen molar-refractivity contribution in [2.45, 2.75) is 13.8 Å². The monoisotopic (exact) mass is 509 g/mol. The maximum Gasteiger partial charge on any atom is 0.283 e. The topological polar surface area (TPSA) is 87.7 Å². The van der Waals surface area contributed by atoms with E-state index in [1.807, 2.05) is 32.0 Å². The molecule has 0 aliphatic carbocycles. The van der Waals surface area contributed by atoms with Crippen molar-refractivity contribution in [3.63, 3.8) is 0 Å². The van der Waals surface area contributed by atoms with E-state index >= 15 is 0 Å². The van der Waals surface area contributed by atoms with Crippen LogP contribution in [0.1, 0.15) is 21.5 Å². The van der Waals surface area contributed by atoms with Gasteiger partial charge in [0.1, 0.15) is 16.5 Å². The van der Waals surface area contributed by atoms with E-state index in [0.717, 1.165) is 16.0 Å². The van der Waals surface area contributed by atoms with E-state index in [4.69, 9.17) is 27.9 Å². The molecule has 7 nitrogen and oxygen atoms in total. The maximum absolute atomic E-state index is 13.2. The fourth-order valence-electron chi connectivity index (χ4n) is 3.80. The Bertz CT molecular complexity index is 1380. The van der Waals surface area contributed by atoms with Crippen LogP contribution in [-0.4, -0.2) is 24.8 Å². The lowest BCUT2D eigenvalue weighted by molar-refractivity contribution is -0.120. The van der Waals surface area contributed by atoms with Crippen LogP contribution in [-0.2, 0) is 9.59 Å². The van der Waals surface area contributed by atoms with E-state index in [2.05, 4.69) is 10.6 Å². The Balaban J connectivity index is 1.57. The third kappa shape index (κ3) is 5.01. The molecule has 2 N–H and O–H groups in total. The average Bonchev–Trinajstić information content (AvgIpc) is 3.01. The Morgan fingerprint density at radius 2 is 1.60 bits per heavy atom. The molecule has 1 heterocycles. The summed E-state index contributed by atoms with van der Waals surface area (Å²) < 4.78 is 5.27. The Labute approximate surface area is 212 Å². The number of rotatable bonds is 6. The van der Waals surface area contributed by atoms with Crippen molar-refractivity contribution in [1.29, 1.82) is 0 Å². The standard InChI is InChI=1S/C26H21Cl2N3O4/c1-14-9-15(2)11-19(10-14)30-24(32)16-5-4-6-18(12-16)29-23-22(28)25(33)31(26(23)34)20-13-17(27)7-8-21(20)35-3/h4-13,29H,1-3H3,(H,30,32). The largest absolute Gasteiger partial charge is 0.495 e. The van der Waals surface area contributed by atoms with E-state index in [0.29, 0.717) is 22.0 Å². The first-order chi connectivity index (χ1) is 16.7. The highest BCUT2D eigenvalue weighted by Gasteiger charge is 2.40. The van der Waals surface area contributed by atoms with Gasteiger partial charge in [0.25, 0.3) is 17.7 Å². The van der Waals surface area contributed by atoms with Crippen LogP contribution in [0.4, 0.5) is 17.1 Å². The molecule has 0 saturated heterocycles. The van der Waals surface area contributed by atoms with Gasteiger partial charge >= 0.3 is 0 Å². The van der Waals surface area contributed by atoms with Gasteiger partial charge in [0.2, 0.25) is 0 Å². The number of carbonyl (C=O) groups excluding carboxylic acids is 3. The summed E-state index contributed by atoms with van der Waals surface area (Å²) >= 11 is 12.3. The smallest absolute Gasteiger partial charge is 0.283 e. The van der Waals surface area contributed by atoms with E-state index in [9.17, 15) is 14.4 Å². The fraction of sp³-hybridized carbons (Fsp3) is 0.115. The van der Waals surface area contributed by atoms with Gasteiger partial charge in [-0.3, -0.25) is 14.4 Å². The molecule has 0 spiro atoms. The number of benzene rings is 3. The van der Waals surface area contributed by atoms with E-state index in [1.165, 1.54) is 13.2 Å². The highest BCUT2D eigenvalue weighted by Crippen LogP contribution is 2.37. The molecule has 0 aromatic heterocycles. The van der Waals surface area contributed by atoms with E-state index in [-0.39, 0.29) is 28.1 Å². The summed E-state index contributed by atoms with van der Waals surface area (Å²) in [7, 11) is 1.42. The highest BCUT2D eigenvalue weighted by molar-refractivity contribution is 6.53. The van der Waals surface area contributed by atoms with Crippen LogP contribution in [0.5, 0.6) is 5.75 Å². The van der Waals surface area contributed by atoms with Gasteiger partial charge in [-0.15, -0.1) is 0 Å². The second-order valence-corrected chi connectivity index (χ2v) is 8.80. The number of imide groups is 1. The molecular weight excluding hydrogens is 489 g/mol. The van der Waals surface area contributed by atoms with Crippen molar-refractivity contribution in [3.05, 3.63) is 93.1 Å². The summed E-state index contributed by atoms with van der Waals surface area (Å²) in [5, 5.41) is 5.78. The molecule has 3 amide bonds. The van der Waals surface area contributed by atoms with Crippen molar-refractivity contribution < 1.29 is 19.1 Å². The van der Waals surface area contributed by atoms with Crippen LogP contribution in [0.2, 0.25) is 5.02 Å². The molecule has 0 bridgehead atoms. The average molecular weight is 510 g/mol. The molecule has 0 saturated carbocycles. The Morgan fingerprint density at radius 1 is 0.886 bits per heavy atom. The second-order valence-electron chi connectivity index (χ2n) is 7.99. The quantitative estimate of drug-likeness (QED) is 0.419. The molecule has 1 aliphatic heterocycles. The highest BCUT2D eigenvalue weighted by atomic mass is 35.5. The van der Waals surface area contributed by atoms with Gasteiger partial charge in [0, 0.05) is 22.0 Å². The summed E-state index contributed by atoms with van der Waals surface area (Å²) in [6, 6.07) is 16.9. The minimum atomic E-state index is -0.719. The van der Waals surface area contributed by atoms with Crippen LogP contribution in [0.25, 0.3) is 0 Å². The zero-order chi connectivity index (χ0) is 25.3. The summed E-state index contributed by atoms with van der Waals surface area (Å²) in [4.78, 5) is 39.7. The van der Waals surface area contributed by atoms with Crippen LogP contribution in [0, 0.1) is 13.8 Å². The lowest BCUT2D eigenvalue weighted by Crippen LogP contribution is -2.32. The molecular formula is C26H21Cl2N3O4. The number of ether oxygens (including phenoxy) is 1. The van der Waals surface area contributed by atoms with E-state index in [1.54, 1.807) is 36.4 Å². The van der Waals surface area contributed by atoms with Crippen molar-refractivity contribution >= 4 is 58.0 Å². The number of halogens is 2. The number of carbonyl (C=O) groups is 3. The predicted molar refractivity (Wildman–Crippen MR) is 137 cm³/mol. The molecule has 1 aliphatic rings. The molecule has 0 unspecified atom stereocenters. The van der Waals surface area contributed by atoms with Gasteiger partial charge in [-0.1, -0.05) is 35.3 Å². The van der Waals surface area contributed by atoms with Gasteiger partial charge in [-0.2, -0.15) is 0 Å². The lowest BCUT2D eigenvalue weighted by Gasteiger charge is -2.18. The van der Waals surface area contributed by atoms with Gasteiger partial charge < -0.3 is 15.4 Å². The molecule has 4 rings (SSSR count). The van der Waals surface area contributed by atoms with Crippen molar-refractivity contribution in [2.75, 3.05) is 22.6 Å². The number of hydrogen-bond acceptors (Lipinski definition) is 5. The molecule has 0 radical (unpaired) electrons. The fourth-order valence-corrected chi connectivity index (χ4v) is 4.18. The number of nitrogens with zero attached hydrogens (tertiary/aromatic N) is 1. The molecule has 178 valence electrons. The Kier molecular flexibility index (Phi) is 6.82. The maximum atomic E-state index is 13.2. The minimum Gasteiger partial charge on any atom is -0.495 e. The van der Waals surface area contributed by atoms with Crippen molar-refractivity contribution in [2.24, 2.45) is 0 Å². The van der Waals surface area contributed by atoms with Crippen LogP contribution < -0.4 is 20.3 Å². The summed E-state index contributed by atoms with van der Waals surface area (Å²) in [6.45, 7) is 3.90. The number of hydrogen-bond donors (Lipinski definition) is 2. The first kappa shape index (κ1) is 24.3. The third-order valence-electron chi connectivity index (χ3n) is 5.28. The number of aryl methyl sites for hydroxylation is 2. The number of anilines is 3. The number of amides is 3. The van der Waals surface area contributed by atoms with Gasteiger partial charge in [0.05, 0.1) is 12.8 Å². The zero-order valence-electron chi connectivity index (χ0n) is 19.1.